The molecule has 0 atom stereocenters. The smallest absolute Gasteiger partial charge is 0.268 e. The van der Waals surface area contributed by atoms with E-state index in [9.17, 15) is 10.1 Å². The lowest BCUT2D eigenvalue weighted by Gasteiger charge is -2.05. The fraction of sp³-hybridized carbons (Fsp3) is 0.0667. The van der Waals surface area contributed by atoms with E-state index in [2.05, 4.69) is 9.97 Å². The number of aromatic amines is 1. The number of fused-ring (bicyclic) bond motifs is 1. The van der Waals surface area contributed by atoms with E-state index in [1.54, 1.807) is 42.0 Å². The quantitative estimate of drug-likeness (QED) is 0.769. The molecule has 1 aromatic carbocycles. The van der Waals surface area contributed by atoms with E-state index < -0.39 is 5.56 Å². The Morgan fingerprint density at radius 2 is 1.86 bits per heavy atom. The van der Waals surface area contributed by atoms with E-state index in [0.29, 0.717) is 11.4 Å². The summed E-state index contributed by atoms with van der Waals surface area (Å²) in [6.45, 7) is 0. The molecule has 22 heavy (non-hydrogen) atoms. The maximum absolute atomic E-state index is 11.9. The van der Waals surface area contributed by atoms with Gasteiger partial charge in [-0.3, -0.25) is 9.36 Å². The number of benzene rings is 1. The Morgan fingerprint density at radius 1 is 1.18 bits per heavy atom. The highest BCUT2D eigenvalue weighted by atomic mass is 16.5. The van der Waals surface area contributed by atoms with Gasteiger partial charge in [0, 0.05) is 5.69 Å². The van der Waals surface area contributed by atoms with Gasteiger partial charge in [-0.2, -0.15) is 10.5 Å². The molecule has 0 bridgehead atoms. The van der Waals surface area contributed by atoms with Crippen molar-refractivity contribution < 1.29 is 4.74 Å². The summed E-state index contributed by atoms with van der Waals surface area (Å²) in [5.74, 6) is 0.700. The van der Waals surface area contributed by atoms with Crippen LogP contribution < -0.4 is 10.3 Å². The zero-order valence-corrected chi connectivity index (χ0v) is 11.5. The summed E-state index contributed by atoms with van der Waals surface area (Å²) in [5.41, 5.74) is 0.540. The standard InChI is InChI=1S/C15H9N5O2/c1-22-10-4-2-9(3-5-10)20-8-18-13-11(6-16)12(7-17)15(21)19-14(13)20/h2-5,8H,1H3,(H,19,21). The summed E-state index contributed by atoms with van der Waals surface area (Å²) in [6, 6.07) is 10.7. The van der Waals surface area contributed by atoms with Crippen LogP contribution in [0.5, 0.6) is 5.75 Å². The average Bonchev–Trinajstić information content (AvgIpc) is 2.96. The van der Waals surface area contributed by atoms with E-state index in [0.717, 1.165) is 5.69 Å². The van der Waals surface area contributed by atoms with Crippen LogP contribution in [-0.2, 0) is 0 Å². The third-order valence-electron chi connectivity index (χ3n) is 3.29. The Balaban J connectivity index is 2.29. The van der Waals surface area contributed by atoms with Gasteiger partial charge in [0.05, 0.1) is 7.11 Å². The normalized spacial score (nSPS) is 10.1. The van der Waals surface area contributed by atoms with Crippen molar-refractivity contribution >= 4 is 11.2 Å². The van der Waals surface area contributed by atoms with Crippen LogP contribution in [-0.4, -0.2) is 21.6 Å². The lowest BCUT2D eigenvalue weighted by molar-refractivity contribution is 0.415. The summed E-state index contributed by atoms with van der Waals surface area (Å²) in [6.07, 6.45) is 1.49. The summed E-state index contributed by atoms with van der Waals surface area (Å²) in [5, 5.41) is 18.2. The van der Waals surface area contributed by atoms with Crippen molar-refractivity contribution in [2.75, 3.05) is 7.11 Å². The molecule has 0 amide bonds. The van der Waals surface area contributed by atoms with Crippen molar-refractivity contribution in [3.8, 4) is 23.6 Å². The number of ether oxygens (including phenoxy) is 1. The second-order valence-electron chi connectivity index (χ2n) is 4.44. The van der Waals surface area contributed by atoms with Crippen LogP contribution in [0.1, 0.15) is 11.1 Å². The van der Waals surface area contributed by atoms with E-state index >= 15 is 0 Å². The Hall–Kier alpha value is -3.58. The minimum atomic E-state index is -0.609. The maximum atomic E-state index is 11.9. The van der Waals surface area contributed by atoms with Crippen LogP contribution in [0.3, 0.4) is 0 Å². The molecule has 0 unspecified atom stereocenters. The molecule has 7 nitrogen and oxygen atoms in total. The highest BCUT2D eigenvalue weighted by molar-refractivity contribution is 5.81. The molecule has 0 fully saturated rings. The number of nitrogens with zero attached hydrogens (tertiary/aromatic N) is 4. The first kappa shape index (κ1) is 13.4. The highest BCUT2D eigenvalue weighted by Crippen LogP contribution is 2.21. The van der Waals surface area contributed by atoms with Crippen molar-refractivity contribution in [1.29, 1.82) is 10.5 Å². The van der Waals surface area contributed by atoms with E-state index in [-0.39, 0.29) is 16.6 Å². The topological polar surface area (TPSA) is 107 Å². The molecule has 2 heterocycles. The van der Waals surface area contributed by atoms with E-state index in [4.69, 9.17) is 10.00 Å². The Morgan fingerprint density at radius 3 is 2.45 bits per heavy atom. The number of nitriles is 2. The van der Waals surface area contributed by atoms with Crippen LogP contribution >= 0.6 is 0 Å². The molecular weight excluding hydrogens is 282 g/mol. The summed E-state index contributed by atoms with van der Waals surface area (Å²) in [7, 11) is 1.57. The maximum Gasteiger partial charge on any atom is 0.268 e. The third kappa shape index (κ3) is 1.89. The molecule has 0 radical (unpaired) electrons. The van der Waals surface area contributed by atoms with Crippen LogP contribution in [0.4, 0.5) is 0 Å². The average molecular weight is 291 g/mol. The largest absolute Gasteiger partial charge is 0.497 e. The molecule has 0 aliphatic rings. The molecule has 0 aliphatic carbocycles. The fourth-order valence-electron chi connectivity index (χ4n) is 2.21. The monoisotopic (exact) mass is 291 g/mol. The Bertz CT molecular complexity index is 1000. The zero-order chi connectivity index (χ0) is 15.7. The third-order valence-corrected chi connectivity index (χ3v) is 3.29. The minimum absolute atomic E-state index is 0.0199. The van der Waals surface area contributed by atoms with Gasteiger partial charge in [-0.15, -0.1) is 0 Å². The molecule has 1 N–H and O–H groups in total. The predicted octanol–water partition coefficient (Wildman–Crippen LogP) is 1.47. The van der Waals surface area contributed by atoms with Gasteiger partial charge in [0.25, 0.3) is 5.56 Å². The van der Waals surface area contributed by atoms with Gasteiger partial charge in [0.2, 0.25) is 0 Å². The predicted molar refractivity (Wildman–Crippen MR) is 77.7 cm³/mol. The molecule has 2 aromatic heterocycles. The Kier molecular flexibility index (Phi) is 3.09. The zero-order valence-electron chi connectivity index (χ0n) is 11.5. The first-order valence-corrected chi connectivity index (χ1v) is 6.27. The number of pyridine rings is 1. The first-order chi connectivity index (χ1) is 10.7. The van der Waals surface area contributed by atoms with Crippen LogP contribution in [0.2, 0.25) is 0 Å². The lowest BCUT2D eigenvalue weighted by Crippen LogP contribution is -2.13. The summed E-state index contributed by atoms with van der Waals surface area (Å²) in [4.78, 5) is 18.7. The molecule has 0 aliphatic heterocycles. The highest BCUT2D eigenvalue weighted by Gasteiger charge is 2.16. The second-order valence-corrected chi connectivity index (χ2v) is 4.44. The van der Waals surface area contributed by atoms with Gasteiger partial charge in [-0.05, 0) is 24.3 Å². The molecular formula is C15H9N5O2. The van der Waals surface area contributed by atoms with Gasteiger partial charge >= 0.3 is 0 Å². The minimum Gasteiger partial charge on any atom is -0.497 e. The van der Waals surface area contributed by atoms with Crippen molar-refractivity contribution in [3.63, 3.8) is 0 Å². The summed E-state index contributed by atoms with van der Waals surface area (Å²) < 4.78 is 6.74. The molecule has 106 valence electrons. The molecule has 3 rings (SSSR count). The Labute approximate surface area is 124 Å². The van der Waals surface area contributed by atoms with Crippen molar-refractivity contribution in [2.24, 2.45) is 0 Å². The number of methoxy groups -OCH3 is 1. The molecule has 0 spiro atoms. The van der Waals surface area contributed by atoms with Gasteiger partial charge < -0.3 is 9.72 Å². The molecule has 0 saturated carbocycles. The number of rotatable bonds is 2. The van der Waals surface area contributed by atoms with Gasteiger partial charge in [-0.1, -0.05) is 0 Å². The fourth-order valence-corrected chi connectivity index (χ4v) is 2.21. The van der Waals surface area contributed by atoms with Gasteiger partial charge in [-0.25, -0.2) is 4.98 Å². The molecule has 3 aromatic rings. The van der Waals surface area contributed by atoms with Crippen molar-refractivity contribution in [1.82, 2.24) is 14.5 Å². The second kappa shape index (κ2) is 5.08. The molecule has 7 heteroatoms. The first-order valence-electron chi connectivity index (χ1n) is 6.27. The number of H-pyrrole nitrogens is 1. The lowest BCUT2D eigenvalue weighted by atomic mass is 10.1. The number of hydrogen-bond acceptors (Lipinski definition) is 5. The summed E-state index contributed by atoms with van der Waals surface area (Å²) >= 11 is 0. The van der Waals surface area contributed by atoms with Crippen molar-refractivity contribution in [2.45, 2.75) is 0 Å². The van der Waals surface area contributed by atoms with Crippen molar-refractivity contribution in [3.05, 3.63) is 52.1 Å². The van der Waals surface area contributed by atoms with Crippen LogP contribution in [0.25, 0.3) is 16.9 Å². The van der Waals surface area contributed by atoms with Crippen LogP contribution in [0.15, 0.2) is 35.4 Å². The number of nitrogens with one attached hydrogen (secondary N) is 1. The number of hydrogen-bond donors (Lipinski definition) is 1. The van der Waals surface area contributed by atoms with Gasteiger partial charge in [0.15, 0.2) is 0 Å². The van der Waals surface area contributed by atoms with Crippen LogP contribution in [0, 0.1) is 22.7 Å². The number of imidazole rings is 1. The molecule has 0 saturated heterocycles. The van der Waals surface area contributed by atoms with Gasteiger partial charge in [0.1, 0.15) is 46.5 Å². The van der Waals surface area contributed by atoms with E-state index in [1.165, 1.54) is 6.33 Å². The van der Waals surface area contributed by atoms with E-state index in [1.807, 2.05) is 6.07 Å². The number of aromatic nitrogens is 3. The SMILES string of the molecule is COc1ccc(-n2cnc3c(C#N)c(C#N)c(=O)[nH]c32)cc1.